The Bertz CT molecular complexity index is 496. The second kappa shape index (κ2) is 4.61. The van der Waals surface area contributed by atoms with Crippen molar-refractivity contribution < 1.29 is 9.13 Å². The normalized spacial score (nSPS) is 10.4. The Morgan fingerprint density at radius 3 is 2.81 bits per heavy atom. The molecule has 0 saturated carbocycles. The Morgan fingerprint density at radius 2 is 2.25 bits per heavy atom. The lowest BCUT2D eigenvalue weighted by Crippen LogP contribution is -1.94. The van der Waals surface area contributed by atoms with Gasteiger partial charge in [-0.1, -0.05) is 0 Å². The summed E-state index contributed by atoms with van der Waals surface area (Å²) >= 11 is 1.51. The third kappa shape index (κ3) is 2.22. The van der Waals surface area contributed by atoms with Crippen molar-refractivity contribution in [3.63, 3.8) is 0 Å². The summed E-state index contributed by atoms with van der Waals surface area (Å²) < 4.78 is 18.7. The van der Waals surface area contributed by atoms with E-state index in [0.29, 0.717) is 12.4 Å². The van der Waals surface area contributed by atoms with Crippen LogP contribution in [0.5, 0.6) is 5.75 Å². The van der Waals surface area contributed by atoms with Crippen LogP contribution in [0.25, 0.3) is 10.6 Å². The summed E-state index contributed by atoms with van der Waals surface area (Å²) in [6.07, 6.45) is 0. The van der Waals surface area contributed by atoms with Crippen molar-refractivity contribution in [2.75, 3.05) is 6.61 Å². The van der Waals surface area contributed by atoms with Gasteiger partial charge in [-0.25, -0.2) is 9.37 Å². The lowest BCUT2D eigenvalue weighted by Gasteiger charge is -2.05. The second-order valence-electron chi connectivity index (χ2n) is 3.37. The summed E-state index contributed by atoms with van der Waals surface area (Å²) in [6, 6.07) is 4.93. The summed E-state index contributed by atoms with van der Waals surface area (Å²) in [6.45, 7) is 4.22. The molecular formula is C12H12FNOS. The van der Waals surface area contributed by atoms with Crippen molar-refractivity contribution in [1.82, 2.24) is 4.98 Å². The number of nitrogens with zero attached hydrogens (tertiary/aromatic N) is 1. The lowest BCUT2D eigenvalue weighted by molar-refractivity contribution is 0.321. The van der Waals surface area contributed by atoms with Gasteiger partial charge in [-0.3, -0.25) is 0 Å². The number of ether oxygens (including phenoxy) is 1. The SMILES string of the molecule is CCOc1ccc(-c2nc(C)cs2)cc1F. The first-order valence-corrected chi connectivity index (χ1v) is 5.93. The highest BCUT2D eigenvalue weighted by Crippen LogP contribution is 2.27. The Balaban J connectivity index is 2.34. The highest BCUT2D eigenvalue weighted by Gasteiger charge is 2.07. The van der Waals surface area contributed by atoms with Crippen molar-refractivity contribution in [3.05, 3.63) is 35.1 Å². The monoisotopic (exact) mass is 237 g/mol. The van der Waals surface area contributed by atoms with Crippen LogP contribution in [0.15, 0.2) is 23.6 Å². The third-order valence-corrected chi connectivity index (χ3v) is 3.11. The van der Waals surface area contributed by atoms with E-state index in [0.717, 1.165) is 16.3 Å². The Labute approximate surface area is 97.7 Å². The Hall–Kier alpha value is -1.42. The maximum absolute atomic E-state index is 13.6. The lowest BCUT2D eigenvalue weighted by atomic mass is 10.2. The number of halogens is 1. The van der Waals surface area contributed by atoms with Crippen LogP contribution in [0.2, 0.25) is 0 Å². The summed E-state index contributed by atoms with van der Waals surface area (Å²) in [5.41, 5.74) is 1.74. The molecule has 1 heterocycles. The quantitative estimate of drug-likeness (QED) is 0.812. The van der Waals surface area contributed by atoms with Crippen LogP contribution < -0.4 is 4.74 Å². The molecule has 0 fully saturated rings. The molecule has 84 valence electrons. The molecule has 0 aliphatic rings. The highest BCUT2D eigenvalue weighted by molar-refractivity contribution is 7.13. The van der Waals surface area contributed by atoms with Crippen molar-refractivity contribution in [2.45, 2.75) is 13.8 Å². The molecular weight excluding hydrogens is 225 g/mol. The molecule has 0 amide bonds. The average Bonchev–Trinajstić information content (AvgIpc) is 2.68. The molecule has 0 N–H and O–H groups in total. The van der Waals surface area contributed by atoms with E-state index in [1.165, 1.54) is 17.4 Å². The molecule has 0 radical (unpaired) electrons. The first-order valence-electron chi connectivity index (χ1n) is 5.05. The maximum atomic E-state index is 13.6. The summed E-state index contributed by atoms with van der Waals surface area (Å²) in [4.78, 5) is 4.31. The number of thiazole rings is 1. The zero-order valence-corrected chi connectivity index (χ0v) is 9.97. The minimum absolute atomic E-state index is 0.291. The molecule has 2 nitrogen and oxygen atoms in total. The van der Waals surface area contributed by atoms with Crippen LogP contribution in [0, 0.1) is 12.7 Å². The van der Waals surface area contributed by atoms with E-state index in [1.54, 1.807) is 6.07 Å². The molecule has 16 heavy (non-hydrogen) atoms. The summed E-state index contributed by atoms with van der Waals surface area (Å²) in [5, 5.41) is 2.78. The Kier molecular flexibility index (Phi) is 3.19. The van der Waals surface area contributed by atoms with Gasteiger partial charge in [-0.15, -0.1) is 11.3 Å². The van der Waals surface area contributed by atoms with Gasteiger partial charge in [0.1, 0.15) is 5.01 Å². The molecule has 2 aromatic rings. The molecule has 0 saturated heterocycles. The molecule has 0 unspecified atom stereocenters. The van der Waals surface area contributed by atoms with Gasteiger partial charge >= 0.3 is 0 Å². The number of aryl methyl sites for hydroxylation is 1. The molecule has 2 rings (SSSR count). The fraction of sp³-hybridized carbons (Fsp3) is 0.250. The van der Waals surface area contributed by atoms with Gasteiger partial charge in [0, 0.05) is 16.6 Å². The zero-order valence-electron chi connectivity index (χ0n) is 9.16. The van der Waals surface area contributed by atoms with Crippen molar-refractivity contribution in [2.24, 2.45) is 0 Å². The minimum Gasteiger partial charge on any atom is -0.491 e. The van der Waals surface area contributed by atoms with Crippen molar-refractivity contribution in [1.29, 1.82) is 0 Å². The largest absolute Gasteiger partial charge is 0.491 e. The average molecular weight is 237 g/mol. The van der Waals surface area contributed by atoms with Gasteiger partial charge < -0.3 is 4.74 Å². The molecule has 0 atom stereocenters. The smallest absolute Gasteiger partial charge is 0.165 e. The third-order valence-electron chi connectivity index (χ3n) is 2.10. The van der Waals surface area contributed by atoms with E-state index in [1.807, 2.05) is 25.3 Å². The molecule has 0 spiro atoms. The van der Waals surface area contributed by atoms with E-state index in [-0.39, 0.29) is 5.82 Å². The van der Waals surface area contributed by atoms with Crippen LogP contribution in [0.1, 0.15) is 12.6 Å². The van der Waals surface area contributed by atoms with E-state index in [9.17, 15) is 4.39 Å². The van der Waals surface area contributed by atoms with Crippen LogP contribution >= 0.6 is 11.3 Å². The van der Waals surface area contributed by atoms with E-state index in [4.69, 9.17) is 4.74 Å². The van der Waals surface area contributed by atoms with Gasteiger partial charge in [-0.05, 0) is 32.0 Å². The Morgan fingerprint density at radius 1 is 1.44 bits per heavy atom. The van der Waals surface area contributed by atoms with E-state index >= 15 is 0 Å². The van der Waals surface area contributed by atoms with Gasteiger partial charge in [0.25, 0.3) is 0 Å². The van der Waals surface area contributed by atoms with Gasteiger partial charge in [0.05, 0.1) is 6.61 Å². The second-order valence-corrected chi connectivity index (χ2v) is 4.23. The molecule has 1 aromatic heterocycles. The van der Waals surface area contributed by atoms with Crippen LogP contribution in [0.3, 0.4) is 0 Å². The molecule has 1 aromatic carbocycles. The first-order chi connectivity index (χ1) is 7.70. The van der Waals surface area contributed by atoms with Gasteiger partial charge in [0.15, 0.2) is 11.6 Å². The standard InChI is InChI=1S/C12H12FNOS/c1-3-15-11-5-4-9(6-10(11)13)12-14-8(2)7-16-12/h4-7H,3H2,1-2H3. The topological polar surface area (TPSA) is 22.1 Å². The fourth-order valence-electron chi connectivity index (χ4n) is 1.39. The number of benzene rings is 1. The van der Waals surface area contributed by atoms with E-state index < -0.39 is 0 Å². The van der Waals surface area contributed by atoms with Gasteiger partial charge in [0.2, 0.25) is 0 Å². The summed E-state index contributed by atoms with van der Waals surface area (Å²) in [5.74, 6) is -0.0493. The number of aromatic nitrogens is 1. The fourth-order valence-corrected chi connectivity index (χ4v) is 2.19. The molecule has 0 bridgehead atoms. The number of hydrogen-bond acceptors (Lipinski definition) is 3. The predicted molar refractivity (Wildman–Crippen MR) is 63.4 cm³/mol. The first kappa shape index (κ1) is 11.1. The zero-order chi connectivity index (χ0) is 11.5. The molecule has 0 aliphatic carbocycles. The maximum Gasteiger partial charge on any atom is 0.165 e. The van der Waals surface area contributed by atoms with Crippen LogP contribution in [-0.4, -0.2) is 11.6 Å². The van der Waals surface area contributed by atoms with Crippen molar-refractivity contribution >= 4 is 11.3 Å². The van der Waals surface area contributed by atoms with Crippen LogP contribution in [0.4, 0.5) is 4.39 Å². The van der Waals surface area contributed by atoms with Gasteiger partial charge in [-0.2, -0.15) is 0 Å². The summed E-state index contributed by atoms with van der Waals surface area (Å²) in [7, 11) is 0. The highest BCUT2D eigenvalue weighted by atomic mass is 32.1. The molecule has 4 heteroatoms. The number of rotatable bonds is 3. The van der Waals surface area contributed by atoms with E-state index in [2.05, 4.69) is 4.98 Å². The number of hydrogen-bond donors (Lipinski definition) is 0. The predicted octanol–water partition coefficient (Wildman–Crippen LogP) is 3.66. The minimum atomic E-state index is -0.341. The molecule has 0 aliphatic heterocycles. The van der Waals surface area contributed by atoms with Crippen LogP contribution in [-0.2, 0) is 0 Å². The van der Waals surface area contributed by atoms with Crippen molar-refractivity contribution in [3.8, 4) is 16.3 Å².